The highest BCUT2D eigenvalue weighted by Gasteiger charge is 2.07. The minimum absolute atomic E-state index is 0. The Morgan fingerprint density at radius 2 is 1.94 bits per heavy atom. The molecule has 0 radical (unpaired) electrons. The number of hydrogen-bond donors (Lipinski definition) is 0. The molecule has 0 unspecified atom stereocenters. The van der Waals surface area contributed by atoms with Crippen LogP contribution in [0.4, 0.5) is 0 Å². The van der Waals surface area contributed by atoms with Crippen LogP contribution in [0.15, 0.2) is 28.7 Å². The Labute approximate surface area is 115 Å². The number of rotatable bonds is 1. The summed E-state index contributed by atoms with van der Waals surface area (Å²) >= 11 is 9.65. The second kappa shape index (κ2) is 5.35. The summed E-state index contributed by atoms with van der Waals surface area (Å²) in [6, 6.07) is 7.91. The molecule has 1 aromatic heterocycles. The lowest BCUT2D eigenvalue weighted by molar-refractivity contribution is 0.830. The number of benzene rings is 1. The fourth-order valence-corrected chi connectivity index (χ4v) is 2.10. The molecule has 0 aliphatic carbocycles. The van der Waals surface area contributed by atoms with Crippen molar-refractivity contribution in [1.82, 2.24) is 4.98 Å². The van der Waals surface area contributed by atoms with E-state index in [0.29, 0.717) is 5.92 Å². The SMILES string of the molecule is CC(C)c1cc(Cl)c2cc(Br)ccc2n1.Cl. The molecule has 1 heterocycles. The lowest BCUT2D eigenvalue weighted by Gasteiger charge is -2.08. The van der Waals surface area contributed by atoms with E-state index < -0.39 is 0 Å². The zero-order valence-corrected chi connectivity index (χ0v) is 12.2. The molecule has 4 heteroatoms. The first-order chi connectivity index (χ1) is 7.08. The van der Waals surface area contributed by atoms with Crippen LogP contribution in [-0.4, -0.2) is 4.98 Å². The second-order valence-electron chi connectivity index (χ2n) is 3.85. The van der Waals surface area contributed by atoms with Gasteiger partial charge in [0.2, 0.25) is 0 Å². The van der Waals surface area contributed by atoms with Crippen molar-refractivity contribution in [3.05, 3.63) is 39.5 Å². The molecule has 0 bridgehead atoms. The molecule has 0 saturated heterocycles. The van der Waals surface area contributed by atoms with Crippen LogP contribution in [0, 0.1) is 0 Å². The van der Waals surface area contributed by atoms with Crippen LogP contribution in [0.5, 0.6) is 0 Å². The number of halogens is 3. The molecule has 0 N–H and O–H groups in total. The zero-order valence-electron chi connectivity index (χ0n) is 9.00. The Bertz CT molecular complexity index is 512. The number of aromatic nitrogens is 1. The van der Waals surface area contributed by atoms with E-state index in [1.807, 2.05) is 24.3 Å². The summed E-state index contributed by atoms with van der Waals surface area (Å²) in [6.45, 7) is 4.23. The Balaban J connectivity index is 0.00000128. The molecule has 0 amide bonds. The van der Waals surface area contributed by atoms with E-state index in [1.54, 1.807) is 0 Å². The molecule has 0 atom stereocenters. The van der Waals surface area contributed by atoms with E-state index in [4.69, 9.17) is 11.6 Å². The molecule has 1 aromatic carbocycles. The van der Waals surface area contributed by atoms with E-state index in [0.717, 1.165) is 26.1 Å². The smallest absolute Gasteiger partial charge is 0.0721 e. The average Bonchev–Trinajstić information content (AvgIpc) is 2.18. The van der Waals surface area contributed by atoms with E-state index in [2.05, 4.69) is 34.8 Å². The van der Waals surface area contributed by atoms with Gasteiger partial charge in [-0.15, -0.1) is 12.4 Å². The van der Waals surface area contributed by atoms with Gasteiger partial charge in [0.15, 0.2) is 0 Å². The molecule has 86 valence electrons. The largest absolute Gasteiger partial charge is 0.252 e. The van der Waals surface area contributed by atoms with Crippen molar-refractivity contribution in [2.75, 3.05) is 0 Å². The zero-order chi connectivity index (χ0) is 11.0. The Kier molecular flexibility index (Phi) is 4.60. The van der Waals surface area contributed by atoms with Gasteiger partial charge >= 0.3 is 0 Å². The maximum absolute atomic E-state index is 6.22. The maximum Gasteiger partial charge on any atom is 0.0721 e. The topological polar surface area (TPSA) is 12.9 Å². The van der Waals surface area contributed by atoms with Crippen molar-refractivity contribution in [2.24, 2.45) is 0 Å². The van der Waals surface area contributed by atoms with Gasteiger partial charge in [-0.1, -0.05) is 41.4 Å². The van der Waals surface area contributed by atoms with Gasteiger partial charge in [0.25, 0.3) is 0 Å². The van der Waals surface area contributed by atoms with Gasteiger partial charge in [-0.05, 0) is 30.2 Å². The van der Waals surface area contributed by atoms with Crippen LogP contribution in [0.1, 0.15) is 25.5 Å². The molecule has 2 aromatic rings. The summed E-state index contributed by atoms with van der Waals surface area (Å²) in [5, 5.41) is 1.76. The van der Waals surface area contributed by atoms with Gasteiger partial charge in [-0.25, -0.2) is 0 Å². The molecular formula is C12H12BrCl2N. The first kappa shape index (κ1) is 13.8. The molecule has 16 heavy (non-hydrogen) atoms. The van der Waals surface area contributed by atoms with Crippen molar-refractivity contribution in [1.29, 1.82) is 0 Å². The highest BCUT2D eigenvalue weighted by molar-refractivity contribution is 9.10. The van der Waals surface area contributed by atoms with Crippen molar-refractivity contribution in [2.45, 2.75) is 19.8 Å². The van der Waals surface area contributed by atoms with E-state index in [1.165, 1.54) is 0 Å². The van der Waals surface area contributed by atoms with Crippen LogP contribution < -0.4 is 0 Å². The van der Waals surface area contributed by atoms with Gasteiger partial charge in [0.05, 0.1) is 10.5 Å². The highest BCUT2D eigenvalue weighted by Crippen LogP contribution is 2.28. The van der Waals surface area contributed by atoms with Gasteiger partial charge in [0.1, 0.15) is 0 Å². The molecule has 1 nitrogen and oxygen atoms in total. The van der Waals surface area contributed by atoms with Crippen LogP contribution >= 0.6 is 39.9 Å². The van der Waals surface area contributed by atoms with Gasteiger partial charge < -0.3 is 0 Å². The standard InChI is InChI=1S/C12H11BrClN.ClH/c1-7(2)12-6-10(14)9-5-8(13)3-4-11(9)15-12;/h3-7H,1-2H3;1H. The summed E-state index contributed by atoms with van der Waals surface area (Å²) in [6.07, 6.45) is 0. The van der Waals surface area contributed by atoms with E-state index >= 15 is 0 Å². The van der Waals surface area contributed by atoms with Crippen molar-refractivity contribution in [3.8, 4) is 0 Å². The first-order valence-corrected chi connectivity index (χ1v) is 6.00. The highest BCUT2D eigenvalue weighted by atomic mass is 79.9. The summed E-state index contributed by atoms with van der Waals surface area (Å²) in [4.78, 5) is 4.57. The lowest BCUT2D eigenvalue weighted by atomic mass is 10.1. The van der Waals surface area contributed by atoms with Crippen LogP contribution in [0.2, 0.25) is 5.02 Å². The monoisotopic (exact) mass is 319 g/mol. The molecule has 0 aliphatic heterocycles. The predicted molar refractivity (Wildman–Crippen MR) is 75.8 cm³/mol. The third kappa shape index (κ3) is 2.68. The second-order valence-corrected chi connectivity index (χ2v) is 5.17. The van der Waals surface area contributed by atoms with Gasteiger partial charge in [-0.3, -0.25) is 4.98 Å². The fraction of sp³-hybridized carbons (Fsp3) is 0.250. The molecule has 0 aliphatic rings. The summed E-state index contributed by atoms with van der Waals surface area (Å²) in [5.74, 6) is 0.399. The maximum atomic E-state index is 6.22. The van der Waals surface area contributed by atoms with Crippen molar-refractivity contribution < 1.29 is 0 Å². The Morgan fingerprint density at radius 1 is 1.25 bits per heavy atom. The third-order valence-electron chi connectivity index (χ3n) is 2.33. The number of nitrogens with zero attached hydrogens (tertiary/aromatic N) is 1. The Hall–Kier alpha value is -0.310. The number of pyridine rings is 1. The molecular weight excluding hydrogens is 309 g/mol. The molecule has 0 saturated carbocycles. The Morgan fingerprint density at radius 3 is 2.56 bits per heavy atom. The van der Waals surface area contributed by atoms with Gasteiger partial charge in [-0.2, -0.15) is 0 Å². The van der Waals surface area contributed by atoms with Crippen LogP contribution in [0.3, 0.4) is 0 Å². The van der Waals surface area contributed by atoms with Crippen molar-refractivity contribution in [3.63, 3.8) is 0 Å². The van der Waals surface area contributed by atoms with Crippen molar-refractivity contribution >= 4 is 50.8 Å². The summed E-state index contributed by atoms with van der Waals surface area (Å²) in [5.41, 5.74) is 1.99. The van der Waals surface area contributed by atoms with Crippen LogP contribution in [0.25, 0.3) is 10.9 Å². The van der Waals surface area contributed by atoms with E-state index in [-0.39, 0.29) is 12.4 Å². The third-order valence-corrected chi connectivity index (χ3v) is 3.14. The van der Waals surface area contributed by atoms with E-state index in [9.17, 15) is 0 Å². The minimum atomic E-state index is 0. The normalized spacial score (nSPS) is 10.6. The average molecular weight is 321 g/mol. The summed E-state index contributed by atoms with van der Waals surface area (Å²) < 4.78 is 1.02. The lowest BCUT2D eigenvalue weighted by Crippen LogP contribution is -1.93. The molecule has 0 fully saturated rings. The predicted octanol–water partition coefficient (Wildman–Crippen LogP) is 5.20. The fourth-order valence-electron chi connectivity index (χ4n) is 1.47. The quantitative estimate of drug-likeness (QED) is 0.704. The first-order valence-electron chi connectivity index (χ1n) is 4.83. The number of hydrogen-bond acceptors (Lipinski definition) is 1. The number of fused-ring (bicyclic) bond motifs is 1. The molecule has 2 rings (SSSR count). The van der Waals surface area contributed by atoms with Gasteiger partial charge in [0, 0.05) is 15.6 Å². The summed E-state index contributed by atoms with van der Waals surface area (Å²) in [7, 11) is 0. The minimum Gasteiger partial charge on any atom is -0.252 e. The van der Waals surface area contributed by atoms with Crippen LogP contribution in [-0.2, 0) is 0 Å². The molecule has 0 spiro atoms.